The van der Waals surface area contributed by atoms with Gasteiger partial charge in [0.05, 0.1) is 0 Å². The van der Waals surface area contributed by atoms with E-state index in [-0.39, 0.29) is 5.97 Å². The van der Waals surface area contributed by atoms with Crippen LogP contribution in [-0.2, 0) is 9.53 Å². The largest absolute Gasteiger partial charge is 0.462 e. The zero-order valence-corrected chi connectivity index (χ0v) is 8.26. The number of hydrogen-bond acceptors (Lipinski definition) is 3. The highest BCUT2D eigenvalue weighted by molar-refractivity contribution is 7.98. The Balaban J connectivity index is 3.45. The van der Waals surface area contributed by atoms with Gasteiger partial charge in [-0.3, -0.25) is 0 Å². The van der Waals surface area contributed by atoms with Crippen LogP contribution in [0.1, 0.15) is 6.92 Å². The lowest BCUT2D eigenvalue weighted by molar-refractivity contribution is -0.137. The molecular weight excluding hydrogens is 172 g/mol. The molecule has 12 heavy (non-hydrogen) atoms. The van der Waals surface area contributed by atoms with Crippen LogP contribution in [0.4, 0.5) is 0 Å². The first-order chi connectivity index (χ1) is 5.81. The molecule has 0 radical (unpaired) electrons. The van der Waals surface area contributed by atoms with E-state index in [2.05, 4.69) is 0 Å². The van der Waals surface area contributed by atoms with Crippen molar-refractivity contribution < 1.29 is 9.53 Å². The molecule has 0 aromatic rings. The summed E-state index contributed by atoms with van der Waals surface area (Å²) in [5.74, 6) is 0.575. The molecule has 0 aliphatic heterocycles. The molecule has 0 saturated carbocycles. The van der Waals surface area contributed by atoms with Crippen molar-refractivity contribution in [1.29, 1.82) is 0 Å². The first kappa shape index (κ1) is 11.3. The van der Waals surface area contributed by atoms with Crippen LogP contribution in [0.3, 0.4) is 0 Å². The van der Waals surface area contributed by atoms with Crippen molar-refractivity contribution in [2.24, 2.45) is 0 Å². The van der Waals surface area contributed by atoms with Crippen molar-refractivity contribution in [1.82, 2.24) is 0 Å². The van der Waals surface area contributed by atoms with Gasteiger partial charge in [-0.15, -0.1) is 0 Å². The molecule has 0 atom stereocenters. The van der Waals surface area contributed by atoms with E-state index in [0.717, 1.165) is 5.75 Å². The summed E-state index contributed by atoms with van der Waals surface area (Å²) in [7, 11) is 0. The molecule has 0 aromatic heterocycles. The Hall–Kier alpha value is -0.700. The maximum atomic E-state index is 10.8. The Morgan fingerprint density at radius 3 is 2.83 bits per heavy atom. The predicted molar refractivity (Wildman–Crippen MR) is 53.3 cm³/mol. The Morgan fingerprint density at radius 2 is 2.25 bits per heavy atom. The van der Waals surface area contributed by atoms with Gasteiger partial charge in [0.2, 0.25) is 0 Å². The smallest absolute Gasteiger partial charge is 0.330 e. The summed E-state index contributed by atoms with van der Waals surface area (Å²) < 4.78 is 4.85. The van der Waals surface area contributed by atoms with Gasteiger partial charge in [0.15, 0.2) is 0 Å². The minimum absolute atomic E-state index is 0.276. The van der Waals surface area contributed by atoms with Crippen LogP contribution in [0, 0.1) is 0 Å². The molecule has 0 bridgehead atoms. The van der Waals surface area contributed by atoms with Gasteiger partial charge in [0, 0.05) is 11.8 Å². The molecule has 2 nitrogen and oxygen atoms in total. The standard InChI is InChI=1S/C9H14O2S/c1-3-4-5-6-9(10)11-7-8-12-2/h3-6H,7-8H2,1-2H3/b4-3+,6-5+. The van der Waals surface area contributed by atoms with Gasteiger partial charge in [-0.05, 0) is 13.2 Å². The highest BCUT2D eigenvalue weighted by atomic mass is 32.2. The van der Waals surface area contributed by atoms with E-state index in [1.807, 2.05) is 19.3 Å². The van der Waals surface area contributed by atoms with Crippen LogP contribution in [0.5, 0.6) is 0 Å². The average molecular weight is 186 g/mol. The van der Waals surface area contributed by atoms with Crippen molar-refractivity contribution in [2.45, 2.75) is 6.92 Å². The fourth-order valence-corrected chi connectivity index (χ4v) is 0.769. The number of carbonyl (C=O) groups is 1. The van der Waals surface area contributed by atoms with Gasteiger partial charge in [-0.25, -0.2) is 4.79 Å². The average Bonchev–Trinajstić information content (AvgIpc) is 2.06. The maximum absolute atomic E-state index is 10.8. The molecule has 68 valence electrons. The van der Waals surface area contributed by atoms with E-state index in [4.69, 9.17) is 4.74 Å². The summed E-state index contributed by atoms with van der Waals surface area (Å²) in [5.41, 5.74) is 0. The zero-order chi connectivity index (χ0) is 9.23. The number of ether oxygens (including phenoxy) is 1. The van der Waals surface area contributed by atoms with E-state index in [1.54, 1.807) is 23.9 Å². The van der Waals surface area contributed by atoms with Crippen molar-refractivity contribution >= 4 is 17.7 Å². The lowest BCUT2D eigenvalue weighted by atomic mass is 10.4. The second-order valence-electron chi connectivity index (χ2n) is 2.05. The van der Waals surface area contributed by atoms with Crippen molar-refractivity contribution in [3.8, 4) is 0 Å². The predicted octanol–water partition coefficient (Wildman–Crippen LogP) is 2.02. The van der Waals surface area contributed by atoms with Crippen molar-refractivity contribution in [2.75, 3.05) is 18.6 Å². The van der Waals surface area contributed by atoms with Gasteiger partial charge in [0.25, 0.3) is 0 Å². The molecule has 0 heterocycles. The molecule has 0 fully saturated rings. The molecule has 0 rings (SSSR count). The van der Waals surface area contributed by atoms with Gasteiger partial charge in [0.1, 0.15) is 6.61 Å². The van der Waals surface area contributed by atoms with Crippen LogP contribution in [-0.4, -0.2) is 24.6 Å². The van der Waals surface area contributed by atoms with Gasteiger partial charge in [-0.1, -0.05) is 18.2 Å². The minimum atomic E-state index is -0.276. The van der Waals surface area contributed by atoms with Gasteiger partial charge < -0.3 is 4.74 Å². The summed E-state index contributed by atoms with van der Waals surface area (Å²) in [6.07, 6.45) is 8.70. The molecule has 0 aliphatic rings. The molecule has 0 N–H and O–H groups in total. The number of esters is 1. The third kappa shape index (κ3) is 7.41. The van der Waals surface area contributed by atoms with Crippen LogP contribution < -0.4 is 0 Å². The highest BCUT2D eigenvalue weighted by Crippen LogP contribution is 1.91. The SMILES string of the molecule is C/C=C/C=C/C(=O)OCCSC. The molecule has 0 unspecified atom stereocenters. The number of rotatable bonds is 5. The molecule has 0 saturated heterocycles. The van der Waals surface area contributed by atoms with E-state index in [1.165, 1.54) is 6.08 Å². The first-order valence-electron chi connectivity index (χ1n) is 3.76. The van der Waals surface area contributed by atoms with Crippen LogP contribution in [0.15, 0.2) is 24.3 Å². The molecular formula is C9H14O2S. The maximum Gasteiger partial charge on any atom is 0.330 e. The lowest BCUT2D eigenvalue weighted by Crippen LogP contribution is -2.03. The zero-order valence-electron chi connectivity index (χ0n) is 7.45. The van der Waals surface area contributed by atoms with Crippen molar-refractivity contribution in [3.05, 3.63) is 24.3 Å². The Kier molecular flexibility index (Phi) is 7.91. The summed E-state index contributed by atoms with van der Waals surface area (Å²) in [6, 6.07) is 0. The Labute approximate surface area is 77.7 Å². The third-order valence-electron chi connectivity index (χ3n) is 1.07. The van der Waals surface area contributed by atoms with Gasteiger partial charge in [-0.2, -0.15) is 11.8 Å². The van der Waals surface area contributed by atoms with E-state index >= 15 is 0 Å². The normalized spacial score (nSPS) is 11.2. The van der Waals surface area contributed by atoms with Crippen molar-refractivity contribution in [3.63, 3.8) is 0 Å². The molecule has 0 amide bonds. The minimum Gasteiger partial charge on any atom is -0.462 e. The summed E-state index contributed by atoms with van der Waals surface area (Å²) in [4.78, 5) is 10.8. The lowest BCUT2D eigenvalue weighted by Gasteiger charge is -1.97. The quantitative estimate of drug-likeness (QED) is 0.284. The van der Waals surface area contributed by atoms with Crippen LogP contribution in [0.25, 0.3) is 0 Å². The number of carbonyl (C=O) groups excluding carboxylic acids is 1. The second-order valence-corrected chi connectivity index (χ2v) is 3.03. The summed E-state index contributed by atoms with van der Waals surface area (Å²) in [5, 5.41) is 0. The topological polar surface area (TPSA) is 26.3 Å². The van der Waals surface area contributed by atoms with Crippen LogP contribution >= 0.6 is 11.8 Å². The van der Waals surface area contributed by atoms with E-state index in [9.17, 15) is 4.79 Å². The van der Waals surface area contributed by atoms with E-state index in [0.29, 0.717) is 6.61 Å². The molecule has 0 spiro atoms. The third-order valence-corrected chi connectivity index (χ3v) is 1.64. The summed E-state index contributed by atoms with van der Waals surface area (Å²) >= 11 is 1.66. The summed E-state index contributed by atoms with van der Waals surface area (Å²) in [6.45, 7) is 2.38. The highest BCUT2D eigenvalue weighted by Gasteiger charge is 1.93. The Morgan fingerprint density at radius 1 is 1.50 bits per heavy atom. The van der Waals surface area contributed by atoms with E-state index < -0.39 is 0 Å². The van der Waals surface area contributed by atoms with Gasteiger partial charge >= 0.3 is 5.97 Å². The Bertz CT molecular complexity index is 173. The molecule has 0 aromatic carbocycles. The number of allylic oxidation sites excluding steroid dienone is 3. The number of hydrogen-bond donors (Lipinski definition) is 0. The second kappa shape index (κ2) is 8.40. The molecule has 3 heteroatoms. The first-order valence-corrected chi connectivity index (χ1v) is 5.15. The molecule has 0 aliphatic carbocycles. The monoisotopic (exact) mass is 186 g/mol. The van der Waals surface area contributed by atoms with Crippen LogP contribution in [0.2, 0.25) is 0 Å². The fourth-order valence-electron chi connectivity index (χ4n) is 0.519. The fraction of sp³-hybridized carbons (Fsp3) is 0.444. The number of thioether (sulfide) groups is 1.